The fraction of sp³-hybridized carbons (Fsp3) is 0.381. The molecule has 2 saturated heterocycles. The summed E-state index contributed by atoms with van der Waals surface area (Å²) in [4.78, 5) is 14.6. The highest BCUT2D eigenvalue weighted by Gasteiger charge is 2.38. The molecule has 0 bridgehead atoms. The Balaban J connectivity index is 1.45. The Morgan fingerprint density at radius 3 is 2.44 bits per heavy atom. The van der Waals surface area contributed by atoms with Crippen molar-refractivity contribution in [2.75, 3.05) is 37.2 Å². The van der Waals surface area contributed by atoms with Crippen molar-refractivity contribution in [3.05, 3.63) is 48.3 Å². The molecule has 5 nitrogen and oxygen atoms in total. The van der Waals surface area contributed by atoms with Crippen molar-refractivity contribution < 1.29 is 9.18 Å². The lowest BCUT2D eigenvalue weighted by atomic mass is 9.78. The third-order valence-corrected chi connectivity index (χ3v) is 5.92. The van der Waals surface area contributed by atoms with E-state index >= 15 is 0 Å². The third kappa shape index (κ3) is 3.76. The summed E-state index contributed by atoms with van der Waals surface area (Å²) in [6.07, 6.45) is 3.28. The van der Waals surface area contributed by atoms with Crippen LogP contribution in [0.15, 0.2) is 42.5 Å². The molecule has 1 spiro atoms. The highest BCUT2D eigenvalue weighted by molar-refractivity contribution is 5.94. The van der Waals surface area contributed by atoms with Gasteiger partial charge in [0.1, 0.15) is 5.82 Å². The quantitative estimate of drug-likeness (QED) is 0.708. The molecule has 0 unspecified atom stereocenters. The van der Waals surface area contributed by atoms with Crippen LogP contribution in [0.3, 0.4) is 0 Å². The van der Waals surface area contributed by atoms with Gasteiger partial charge in [-0.15, -0.1) is 0 Å². The molecule has 2 aromatic carbocycles. The summed E-state index contributed by atoms with van der Waals surface area (Å²) in [5.41, 5.74) is 9.30. The summed E-state index contributed by atoms with van der Waals surface area (Å²) in [7, 11) is 0. The molecule has 2 heterocycles. The van der Waals surface area contributed by atoms with Gasteiger partial charge in [0.25, 0.3) is 0 Å². The Bertz CT molecular complexity index is 821. The largest absolute Gasteiger partial charge is 0.397 e. The van der Waals surface area contributed by atoms with Crippen molar-refractivity contribution in [2.24, 2.45) is 5.41 Å². The fourth-order valence-corrected chi connectivity index (χ4v) is 4.09. The van der Waals surface area contributed by atoms with Crippen molar-refractivity contribution in [1.82, 2.24) is 10.2 Å². The van der Waals surface area contributed by atoms with Crippen LogP contribution in [0.4, 0.5) is 20.6 Å². The molecular formula is C21H25FN4O. The number of likely N-dealkylation sites (tertiary alicyclic amines) is 1. The molecule has 2 amide bonds. The molecule has 2 aliphatic heterocycles. The van der Waals surface area contributed by atoms with Crippen LogP contribution in [0.5, 0.6) is 0 Å². The Hall–Kier alpha value is -2.60. The van der Waals surface area contributed by atoms with Gasteiger partial charge in [-0.1, -0.05) is 18.2 Å². The number of nitrogen functional groups attached to an aromatic ring is 1. The maximum absolute atomic E-state index is 13.1. The minimum absolute atomic E-state index is 0.112. The zero-order valence-corrected chi connectivity index (χ0v) is 15.3. The first-order valence-corrected chi connectivity index (χ1v) is 9.47. The number of carbonyl (C=O) groups is 1. The van der Waals surface area contributed by atoms with E-state index in [4.69, 9.17) is 5.73 Å². The molecule has 4 rings (SSSR count). The second kappa shape index (κ2) is 7.19. The minimum atomic E-state index is -0.275. The van der Waals surface area contributed by atoms with Crippen molar-refractivity contribution in [3.63, 3.8) is 0 Å². The number of benzene rings is 2. The molecule has 0 atom stereocenters. The van der Waals surface area contributed by atoms with E-state index in [-0.39, 0.29) is 11.8 Å². The molecule has 0 radical (unpaired) electrons. The maximum atomic E-state index is 13.1. The van der Waals surface area contributed by atoms with Gasteiger partial charge in [-0.2, -0.15) is 0 Å². The molecule has 0 aliphatic carbocycles. The van der Waals surface area contributed by atoms with Crippen LogP contribution in [0.2, 0.25) is 0 Å². The number of hydrogen-bond acceptors (Lipinski definition) is 3. The van der Waals surface area contributed by atoms with E-state index in [0.29, 0.717) is 16.8 Å². The number of halogens is 1. The number of amides is 2. The van der Waals surface area contributed by atoms with Crippen molar-refractivity contribution in [3.8, 4) is 11.1 Å². The van der Waals surface area contributed by atoms with Crippen LogP contribution in [-0.2, 0) is 0 Å². The molecule has 0 saturated carbocycles. The number of hydrogen-bond donors (Lipinski definition) is 3. The average Bonchev–Trinajstić information content (AvgIpc) is 3.13. The first-order valence-electron chi connectivity index (χ1n) is 9.47. The monoisotopic (exact) mass is 368 g/mol. The lowest BCUT2D eigenvalue weighted by Gasteiger charge is -2.38. The van der Waals surface area contributed by atoms with Gasteiger partial charge in [-0.3, -0.25) is 0 Å². The van der Waals surface area contributed by atoms with Gasteiger partial charge in [0.05, 0.1) is 11.4 Å². The van der Waals surface area contributed by atoms with Gasteiger partial charge in [0.15, 0.2) is 0 Å². The minimum Gasteiger partial charge on any atom is -0.397 e. The molecule has 4 N–H and O–H groups in total. The van der Waals surface area contributed by atoms with E-state index in [1.54, 1.807) is 18.2 Å². The second-order valence-corrected chi connectivity index (χ2v) is 7.65. The van der Waals surface area contributed by atoms with Crippen LogP contribution in [0.1, 0.15) is 19.3 Å². The normalized spacial score (nSPS) is 18.6. The topological polar surface area (TPSA) is 70.4 Å². The average molecular weight is 368 g/mol. The first-order chi connectivity index (χ1) is 13.0. The number of anilines is 2. The van der Waals surface area contributed by atoms with E-state index in [9.17, 15) is 9.18 Å². The highest BCUT2D eigenvalue weighted by Crippen LogP contribution is 2.37. The van der Waals surface area contributed by atoms with Gasteiger partial charge in [0, 0.05) is 19.6 Å². The Kier molecular flexibility index (Phi) is 4.74. The van der Waals surface area contributed by atoms with Crippen LogP contribution in [0.25, 0.3) is 11.1 Å². The number of nitrogens with two attached hydrogens (primary N) is 1. The lowest BCUT2D eigenvalue weighted by Crippen LogP contribution is -2.45. The molecular weight excluding hydrogens is 343 g/mol. The Labute approximate surface area is 158 Å². The standard InChI is InChI=1S/C21H25FN4O/c22-17-4-1-15(2-5-17)16-3-6-18(23)19(13-16)25-20(27)26-11-8-21(9-12-26)7-10-24-14-21/h1-6,13,24H,7-12,14,23H2,(H,25,27). The van der Waals surface area contributed by atoms with Gasteiger partial charge >= 0.3 is 6.03 Å². The summed E-state index contributed by atoms with van der Waals surface area (Å²) in [5, 5.41) is 6.39. The van der Waals surface area contributed by atoms with Gasteiger partial charge in [0.2, 0.25) is 0 Å². The SMILES string of the molecule is Nc1ccc(-c2ccc(F)cc2)cc1NC(=O)N1CCC2(CCNC2)CC1. The number of rotatable bonds is 2. The second-order valence-electron chi connectivity index (χ2n) is 7.65. The zero-order chi connectivity index (χ0) is 18.9. The van der Waals surface area contributed by atoms with E-state index < -0.39 is 0 Å². The Morgan fingerprint density at radius 2 is 1.78 bits per heavy atom. The summed E-state index contributed by atoms with van der Waals surface area (Å²) < 4.78 is 13.1. The smallest absolute Gasteiger partial charge is 0.321 e. The predicted molar refractivity (Wildman–Crippen MR) is 106 cm³/mol. The van der Waals surface area contributed by atoms with E-state index in [1.165, 1.54) is 18.6 Å². The summed E-state index contributed by atoms with van der Waals surface area (Å²) in [6, 6.07) is 11.6. The maximum Gasteiger partial charge on any atom is 0.321 e. The summed E-state index contributed by atoms with van der Waals surface area (Å²) in [6.45, 7) is 3.68. The van der Waals surface area contributed by atoms with Crippen LogP contribution in [-0.4, -0.2) is 37.1 Å². The zero-order valence-electron chi connectivity index (χ0n) is 15.3. The molecule has 2 aliphatic rings. The van der Waals surface area contributed by atoms with Crippen LogP contribution in [0, 0.1) is 11.2 Å². The van der Waals surface area contributed by atoms with Crippen LogP contribution < -0.4 is 16.4 Å². The van der Waals surface area contributed by atoms with Gasteiger partial charge < -0.3 is 21.3 Å². The van der Waals surface area contributed by atoms with Crippen molar-refractivity contribution in [1.29, 1.82) is 0 Å². The molecule has 6 heteroatoms. The number of nitrogens with zero attached hydrogens (tertiary/aromatic N) is 1. The molecule has 0 aromatic heterocycles. The number of nitrogens with one attached hydrogen (secondary N) is 2. The first kappa shape index (κ1) is 17.8. The fourth-order valence-electron chi connectivity index (χ4n) is 4.09. The van der Waals surface area contributed by atoms with Crippen molar-refractivity contribution in [2.45, 2.75) is 19.3 Å². The summed E-state index contributed by atoms with van der Waals surface area (Å²) >= 11 is 0. The van der Waals surface area contributed by atoms with E-state index in [1.807, 2.05) is 17.0 Å². The highest BCUT2D eigenvalue weighted by atomic mass is 19.1. The van der Waals surface area contributed by atoms with Gasteiger partial charge in [-0.05, 0) is 66.6 Å². The Morgan fingerprint density at radius 1 is 1.07 bits per heavy atom. The molecule has 27 heavy (non-hydrogen) atoms. The molecule has 142 valence electrons. The summed E-state index contributed by atoms with van der Waals surface area (Å²) in [5.74, 6) is -0.275. The lowest BCUT2D eigenvalue weighted by molar-refractivity contribution is 0.137. The number of urea groups is 1. The van der Waals surface area contributed by atoms with Crippen molar-refractivity contribution >= 4 is 17.4 Å². The predicted octanol–water partition coefficient (Wildman–Crippen LogP) is 3.68. The van der Waals surface area contributed by atoms with E-state index in [2.05, 4.69) is 10.6 Å². The molecule has 2 aromatic rings. The molecule has 2 fully saturated rings. The third-order valence-electron chi connectivity index (χ3n) is 5.92. The number of piperidine rings is 1. The van der Waals surface area contributed by atoms with E-state index in [0.717, 1.165) is 50.1 Å². The number of carbonyl (C=O) groups excluding carboxylic acids is 1. The van der Waals surface area contributed by atoms with Gasteiger partial charge in [-0.25, -0.2) is 9.18 Å². The van der Waals surface area contributed by atoms with Crippen LogP contribution >= 0.6 is 0 Å².